The summed E-state index contributed by atoms with van der Waals surface area (Å²) >= 11 is 3.59. The first kappa shape index (κ1) is 12.8. The molecule has 0 bridgehead atoms. The Bertz CT molecular complexity index is 812. The Labute approximate surface area is 129 Å². The summed E-state index contributed by atoms with van der Waals surface area (Å²) < 4.78 is 2.70. The van der Waals surface area contributed by atoms with Crippen LogP contribution in [0.3, 0.4) is 0 Å². The van der Waals surface area contributed by atoms with Gasteiger partial charge in [-0.25, -0.2) is 14.9 Å². The molecule has 1 aromatic heterocycles. The molecule has 0 atom stereocenters. The van der Waals surface area contributed by atoms with E-state index in [2.05, 4.69) is 26.1 Å². The van der Waals surface area contributed by atoms with E-state index in [1.54, 1.807) is 4.57 Å². The second-order valence-electron chi connectivity index (χ2n) is 5.31. The van der Waals surface area contributed by atoms with Crippen LogP contribution in [0.15, 0.2) is 44.6 Å². The predicted molar refractivity (Wildman–Crippen MR) is 84.6 cm³/mol. The van der Waals surface area contributed by atoms with E-state index in [-0.39, 0.29) is 11.7 Å². The van der Waals surface area contributed by atoms with Crippen LogP contribution in [0, 0.1) is 0 Å². The number of aromatic nitrogens is 3. The fourth-order valence-corrected chi connectivity index (χ4v) is 3.11. The first-order valence-electron chi connectivity index (χ1n) is 6.93. The lowest BCUT2D eigenvalue weighted by molar-refractivity contribution is 0.698. The number of H-pyrrole nitrogens is 1. The molecule has 1 aromatic carbocycles. The smallest absolute Gasteiger partial charge is 0.271 e. The first-order chi connectivity index (χ1) is 10.2. The number of allylic oxidation sites excluding steroid dienone is 1. The third kappa shape index (κ3) is 2.19. The van der Waals surface area contributed by atoms with E-state index in [4.69, 9.17) is 4.99 Å². The standard InChI is InChI=1S/C15H13BrN4O/c16-11-8-12(9-4-2-1-3-5-9)17-13(11)14-18-19-15(21)20(14)10-6-7-10/h1-5,10H,6-8H2,(H,19,21). The number of aromatic amines is 1. The van der Waals surface area contributed by atoms with Crippen molar-refractivity contribution in [3.05, 3.63) is 56.7 Å². The highest BCUT2D eigenvalue weighted by Gasteiger charge is 2.31. The van der Waals surface area contributed by atoms with E-state index in [0.29, 0.717) is 5.82 Å². The van der Waals surface area contributed by atoms with Gasteiger partial charge in [-0.15, -0.1) is 0 Å². The minimum atomic E-state index is -0.149. The number of rotatable bonds is 3. The number of aliphatic imine (C=N–C) groups is 1. The summed E-state index contributed by atoms with van der Waals surface area (Å²) in [5, 5.41) is 6.71. The third-order valence-corrected chi connectivity index (χ3v) is 4.42. The van der Waals surface area contributed by atoms with Gasteiger partial charge in [0.05, 0.1) is 5.71 Å². The number of nitrogens with zero attached hydrogens (tertiary/aromatic N) is 3. The van der Waals surface area contributed by atoms with E-state index in [1.165, 1.54) is 0 Å². The van der Waals surface area contributed by atoms with Gasteiger partial charge in [-0.05, 0) is 18.4 Å². The van der Waals surface area contributed by atoms with Crippen LogP contribution in [-0.4, -0.2) is 20.5 Å². The molecule has 2 aliphatic rings. The molecule has 1 N–H and O–H groups in total. The highest BCUT2D eigenvalue weighted by atomic mass is 79.9. The van der Waals surface area contributed by atoms with Gasteiger partial charge in [-0.2, -0.15) is 5.10 Å². The number of hydrogen-bond acceptors (Lipinski definition) is 3. The van der Waals surface area contributed by atoms with Crippen LogP contribution in [0.2, 0.25) is 0 Å². The summed E-state index contributed by atoms with van der Waals surface area (Å²) in [6.07, 6.45) is 2.80. The van der Waals surface area contributed by atoms with Gasteiger partial charge < -0.3 is 0 Å². The van der Waals surface area contributed by atoms with E-state index < -0.39 is 0 Å². The molecular weight excluding hydrogens is 332 g/mol. The molecule has 0 spiro atoms. The van der Waals surface area contributed by atoms with Crippen molar-refractivity contribution in [3.63, 3.8) is 0 Å². The summed E-state index contributed by atoms with van der Waals surface area (Å²) in [6, 6.07) is 10.3. The highest BCUT2D eigenvalue weighted by molar-refractivity contribution is 9.11. The van der Waals surface area contributed by atoms with Crippen LogP contribution in [0.4, 0.5) is 0 Å². The molecule has 6 heteroatoms. The van der Waals surface area contributed by atoms with E-state index in [0.717, 1.165) is 40.7 Å². The SMILES string of the molecule is O=c1[nH]nc(C2=C(Br)CC(c3ccccc3)=N2)n1C1CC1. The molecule has 4 rings (SSSR count). The predicted octanol–water partition coefficient (Wildman–Crippen LogP) is 2.86. The maximum atomic E-state index is 11.9. The molecule has 0 saturated heterocycles. The molecule has 1 aliphatic carbocycles. The molecule has 0 amide bonds. The zero-order chi connectivity index (χ0) is 14.4. The lowest BCUT2D eigenvalue weighted by atomic mass is 10.1. The lowest BCUT2D eigenvalue weighted by Crippen LogP contribution is -2.17. The van der Waals surface area contributed by atoms with Crippen LogP contribution < -0.4 is 5.69 Å². The molecule has 1 saturated carbocycles. The Morgan fingerprint density at radius 2 is 2.00 bits per heavy atom. The topological polar surface area (TPSA) is 63.0 Å². The van der Waals surface area contributed by atoms with Crippen LogP contribution >= 0.6 is 15.9 Å². The molecule has 0 radical (unpaired) electrons. The van der Waals surface area contributed by atoms with Crippen molar-refractivity contribution < 1.29 is 0 Å². The molecular formula is C15H13BrN4O. The summed E-state index contributed by atoms with van der Waals surface area (Å²) in [6.45, 7) is 0. The van der Waals surface area contributed by atoms with E-state index in [1.807, 2.05) is 30.3 Å². The molecule has 2 aromatic rings. The monoisotopic (exact) mass is 344 g/mol. The van der Waals surface area contributed by atoms with Crippen LogP contribution in [0.1, 0.15) is 36.7 Å². The molecule has 5 nitrogen and oxygen atoms in total. The minimum absolute atomic E-state index is 0.149. The second kappa shape index (κ2) is 4.80. The van der Waals surface area contributed by atoms with Crippen molar-refractivity contribution in [2.75, 3.05) is 0 Å². The average Bonchev–Trinajstić information content (AvgIpc) is 3.16. The van der Waals surface area contributed by atoms with Gasteiger partial charge in [-0.1, -0.05) is 46.3 Å². The summed E-state index contributed by atoms with van der Waals surface area (Å²) in [5.74, 6) is 0.639. The Morgan fingerprint density at radius 3 is 2.71 bits per heavy atom. The van der Waals surface area contributed by atoms with Gasteiger partial charge in [0, 0.05) is 16.9 Å². The van der Waals surface area contributed by atoms with E-state index in [9.17, 15) is 4.79 Å². The molecule has 2 heterocycles. The number of hydrogen-bond donors (Lipinski definition) is 1. The Balaban J connectivity index is 1.77. The molecule has 106 valence electrons. The molecule has 1 aliphatic heterocycles. The Kier molecular flexibility index (Phi) is 2.92. The number of nitrogens with one attached hydrogen (secondary N) is 1. The average molecular weight is 345 g/mol. The number of halogens is 1. The van der Waals surface area contributed by atoms with E-state index >= 15 is 0 Å². The van der Waals surface area contributed by atoms with Crippen molar-refractivity contribution in [1.82, 2.24) is 14.8 Å². The second-order valence-corrected chi connectivity index (χ2v) is 6.27. The van der Waals surface area contributed by atoms with Gasteiger partial charge in [-0.3, -0.25) is 4.57 Å². The van der Waals surface area contributed by atoms with Crippen LogP contribution in [-0.2, 0) is 0 Å². The fraction of sp³-hybridized carbons (Fsp3) is 0.267. The summed E-state index contributed by atoms with van der Waals surface area (Å²) in [7, 11) is 0. The number of benzene rings is 1. The Hall–Kier alpha value is -1.95. The quantitative estimate of drug-likeness (QED) is 0.930. The van der Waals surface area contributed by atoms with Crippen molar-refractivity contribution in [3.8, 4) is 0 Å². The van der Waals surface area contributed by atoms with Gasteiger partial charge in [0.25, 0.3) is 0 Å². The van der Waals surface area contributed by atoms with Gasteiger partial charge in [0.15, 0.2) is 5.82 Å². The van der Waals surface area contributed by atoms with Crippen molar-refractivity contribution in [1.29, 1.82) is 0 Å². The lowest BCUT2D eigenvalue weighted by Gasteiger charge is -2.02. The molecule has 21 heavy (non-hydrogen) atoms. The summed E-state index contributed by atoms with van der Waals surface area (Å²) in [4.78, 5) is 16.6. The zero-order valence-corrected chi connectivity index (χ0v) is 12.8. The van der Waals surface area contributed by atoms with Gasteiger partial charge >= 0.3 is 5.69 Å². The van der Waals surface area contributed by atoms with Crippen LogP contribution in [0.25, 0.3) is 5.70 Å². The highest BCUT2D eigenvalue weighted by Crippen LogP contribution is 2.38. The molecule has 1 fully saturated rings. The van der Waals surface area contributed by atoms with Gasteiger partial charge in [0.1, 0.15) is 5.70 Å². The Morgan fingerprint density at radius 1 is 1.24 bits per heavy atom. The largest absolute Gasteiger partial charge is 0.343 e. The van der Waals surface area contributed by atoms with Crippen molar-refractivity contribution >= 4 is 27.3 Å². The fourth-order valence-electron chi connectivity index (χ4n) is 2.58. The van der Waals surface area contributed by atoms with Crippen molar-refractivity contribution in [2.45, 2.75) is 25.3 Å². The molecule has 0 unspecified atom stereocenters. The normalized spacial score (nSPS) is 18.2. The minimum Gasteiger partial charge on any atom is -0.271 e. The maximum absolute atomic E-state index is 11.9. The van der Waals surface area contributed by atoms with Gasteiger partial charge in [0.2, 0.25) is 0 Å². The van der Waals surface area contributed by atoms with Crippen LogP contribution in [0.5, 0.6) is 0 Å². The van der Waals surface area contributed by atoms with Crippen molar-refractivity contribution in [2.24, 2.45) is 4.99 Å². The maximum Gasteiger partial charge on any atom is 0.343 e. The zero-order valence-electron chi connectivity index (χ0n) is 11.2. The summed E-state index contributed by atoms with van der Waals surface area (Å²) in [5.41, 5.74) is 2.71. The first-order valence-corrected chi connectivity index (χ1v) is 7.72. The third-order valence-electron chi connectivity index (χ3n) is 3.76.